The molecule has 144 valence electrons. The van der Waals surface area contributed by atoms with Crippen LogP contribution in [0.3, 0.4) is 0 Å². The zero-order valence-electron chi connectivity index (χ0n) is 15.6. The number of benzene rings is 2. The molecule has 0 spiro atoms. The van der Waals surface area contributed by atoms with Crippen LogP contribution in [0.1, 0.15) is 17.0 Å². The van der Waals surface area contributed by atoms with Crippen LogP contribution in [0.5, 0.6) is 0 Å². The third kappa shape index (κ3) is 2.89. The van der Waals surface area contributed by atoms with Crippen molar-refractivity contribution in [1.82, 2.24) is 14.0 Å². The fraction of sp³-hybridized carbons (Fsp3) is 0.0909. The first kappa shape index (κ1) is 18.4. The number of nitrogens with zero attached hydrogens (tertiary/aromatic N) is 3. The van der Waals surface area contributed by atoms with Gasteiger partial charge in [0, 0.05) is 16.4 Å². The normalized spacial score (nSPS) is 12.5. The lowest BCUT2D eigenvalue weighted by molar-refractivity contribution is 0.965. The quantitative estimate of drug-likeness (QED) is 0.380. The highest BCUT2D eigenvalue weighted by molar-refractivity contribution is 7.15. The lowest BCUT2D eigenvalue weighted by atomic mass is 10.2. The summed E-state index contributed by atoms with van der Waals surface area (Å²) < 4.78 is 4.38. The molecule has 0 bridgehead atoms. The summed E-state index contributed by atoms with van der Waals surface area (Å²) in [4.78, 5) is 18.3. The van der Waals surface area contributed by atoms with Gasteiger partial charge >= 0.3 is 0 Å². The van der Waals surface area contributed by atoms with Gasteiger partial charge in [0.05, 0.1) is 26.3 Å². The topological polar surface area (TPSA) is 39.3 Å². The van der Waals surface area contributed by atoms with Crippen molar-refractivity contribution in [3.63, 3.8) is 0 Å². The molecular formula is C22H15Cl2N3OS. The number of para-hydroxylation sites is 2. The first-order valence-corrected chi connectivity index (χ1v) is 10.6. The average molecular weight is 440 g/mol. The van der Waals surface area contributed by atoms with Gasteiger partial charge in [0.25, 0.3) is 5.56 Å². The minimum absolute atomic E-state index is 0.0516. The van der Waals surface area contributed by atoms with Crippen LogP contribution >= 0.6 is 34.5 Å². The number of fused-ring (bicyclic) bond motifs is 3. The Balaban J connectivity index is 1.72. The Kier molecular flexibility index (Phi) is 4.28. The Labute approximate surface area is 180 Å². The second-order valence-electron chi connectivity index (χ2n) is 6.89. The second kappa shape index (κ2) is 6.73. The molecule has 3 heterocycles. The van der Waals surface area contributed by atoms with E-state index in [2.05, 4.69) is 9.55 Å². The molecule has 0 radical (unpaired) electrons. The van der Waals surface area contributed by atoms with Crippen LogP contribution in [-0.4, -0.2) is 14.0 Å². The Morgan fingerprint density at radius 2 is 1.86 bits per heavy atom. The van der Waals surface area contributed by atoms with E-state index in [1.807, 2.05) is 56.3 Å². The maximum absolute atomic E-state index is 13.0. The monoisotopic (exact) mass is 439 g/mol. The third-order valence-corrected chi connectivity index (χ3v) is 6.57. The third-order valence-electron chi connectivity index (χ3n) is 5.05. The Bertz CT molecular complexity index is 1530. The van der Waals surface area contributed by atoms with Crippen molar-refractivity contribution in [3.8, 4) is 5.69 Å². The molecular weight excluding hydrogens is 425 g/mol. The molecule has 5 rings (SSSR count). The molecule has 0 saturated carbocycles. The van der Waals surface area contributed by atoms with E-state index in [9.17, 15) is 4.79 Å². The summed E-state index contributed by atoms with van der Waals surface area (Å²) in [5.41, 5.74) is 5.40. The van der Waals surface area contributed by atoms with Gasteiger partial charge in [-0.2, -0.15) is 0 Å². The van der Waals surface area contributed by atoms with Crippen molar-refractivity contribution in [3.05, 3.63) is 90.4 Å². The highest BCUT2D eigenvalue weighted by Crippen LogP contribution is 2.29. The van der Waals surface area contributed by atoms with E-state index in [0.717, 1.165) is 33.7 Å². The van der Waals surface area contributed by atoms with Crippen molar-refractivity contribution in [2.45, 2.75) is 13.8 Å². The van der Waals surface area contributed by atoms with E-state index in [4.69, 9.17) is 23.2 Å². The first-order valence-electron chi connectivity index (χ1n) is 9.00. The van der Waals surface area contributed by atoms with E-state index >= 15 is 0 Å². The zero-order valence-corrected chi connectivity index (χ0v) is 17.9. The van der Waals surface area contributed by atoms with Gasteiger partial charge < -0.3 is 4.57 Å². The Hall–Kier alpha value is -2.60. The molecule has 0 amide bonds. The molecule has 0 aliphatic rings. The minimum atomic E-state index is -0.0516. The predicted molar refractivity (Wildman–Crippen MR) is 121 cm³/mol. The summed E-state index contributed by atoms with van der Waals surface area (Å²) in [6, 6.07) is 15.1. The molecule has 5 aromatic rings. The fourth-order valence-electron chi connectivity index (χ4n) is 3.71. The maximum Gasteiger partial charge on any atom is 0.274 e. The zero-order chi connectivity index (χ0) is 20.3. The SMILES string of the molecule is Cc1cc(/C=c2\sc3nc4ccccc4n3c2=O)c(C)n1-c1cc(Cl)ccc1Cl. The number of rotatable bonds is 2. The Morgan fingerprint density at radius 1 is 1.07 bits per heavy atom. The van der Waals surface area contributed by atoms with Gasteiger partial charge in [0.15, 0.2) is 4.96 Å². The first-order chi connectivity index (χ1) is 13.9. The summed E-state index contributed by atoms with van der Waals surface area (Å²) in [6.45, 7) is 4.02. The van der Waals surface area contributed by atoms with Crippen LogP contribution in [0, 0.1) is 13.8 Å². The molecule has 0 atom stereocenters. The van der Waals surface area contributed by atoms with Crippen LogP contribution in [0.15, 0.2) is 53.3 Å². The van der Waals surface area contributed by atoms with Crippen molar-refractivity contribution >= 4 is 56.6 Å². The number of halogens is 2. The van der Waals surface area contributed by atoms with Gasteiger partial charge in [-0.1, -0.05) is 46.7 Å². The standard InChI is InChI=1S/C22H15Cl2N3OS/c1-12-9-14(13(2)26(12)19-11-15(23)7-8-16(19)24)10-20-21(28)27-18-6-4-3-5-17(18)25-22(27)29-20/h3-11H,1-2H3/b20-10-. The summed E-state index contributed by atoms with van der Waals surface area (Å²) >= 11 is 14.0. The van der Waals surface area contributed by atoms with E-state index in [-0.39, 0.29) is 5.56 Å². The van der Waals surface area contributed by atoms with Crippen molar-refractivity contribution in [2.75, 3.05) is 0 Å². The molecule has 0 N–H and O–H groups in total. The molecule has 7 heteroatoms. The largest absolute Gasteiger partial charge is 0.316 e. The van der Waals surface area contributed by atoms with Crippen LogP contribution in [0.25, 0.3) is 27.8 Å². The summed E-state index contributed by atoms with van der Waals surface area (Å²) in [5.74, 6) is 0. The van der Waals surface area contributed by atoms with Gasteiger partial charge in [-0.3, -0.25) is 4.79 Å². The summed E-state index contributed by atoms with van der Waals surface area (Å²) in [7, 11) is 0. The van der Waals surface area contributed by atoms with E-state index < -0.39 is 0 Å². The number of thiazole rings is 1. The Morgan fingerprint density at radius 3 is 2.69 bits per heavy atom. The van der Waals surface area contributed by atoms with Gasteiger partial charge in [0.2, 0.25) is 0 Å². The molecule has 0 aliphatic heterocycles. The van der Waals surface area contributed by atoms with E-state index in [0.29, 0.717) is 19.5 Å². The summed E-state index contributed by atoms with van der Waals surface area (Å²) in [6.07, 6.45) is 1.92. The molecule has 4 nitrogen and oxygen atoms in total. The van der Waals surface area contributed by atoms with E-state index in [1.54, 1.807) is 16.5 Å². The molecule has 0 saturated heterocycles. The number of imidazole rings is 1. The van der Waals surface area contributed by atoms with Gasteiger partial charge in [-0.05, 0) is 61.9 Å². The number of hydrogen-bond donors (Lipinski definition) is 0. The summed E-state index contributed by atoms with van der Waals surface area (Å²) in [5, 5.41) is 1.24. The molecule has 0 fully saturated rings. The van der Waals surface area contributed by atoms with Gasteiger partial charge in [0.1, 0.15) is 0 Å². The smallest absolute Gasteiger partial charge is 0.274 e. The van der Waals surface area contributed by atoms with Crippen molar-refractivity contribution in [2.24, 2.45) is 0 Å². The van der Waals surface area contributed by atoms with Gasteiger partial charge in [-0.25, -0.2) is 9.38 Å². The average Bonchev–Trinajstić information content (AvgIpc) is 3.29. The molecule has 0 aliphatic carbocycles. The van der Waals surface area contributed by atoms with Crippen LogP contribution in [0.2, 0.25) is 10.0 Å². The lowest BCUT2D eigenvalue weighted by Gasteiger charge is -2.12. The molecule has 29 heavy (non-hydrogen) atoms. The predicted octanol–water partition coefficient (Wildman–Crippen LogP) is 5.17. The molecule has 0 unspecified atom stereocenters. The highest BCUT2D eigenvalue weighted by atomic mass is 35.5. The lowest BCUT2D eigenvalue weighted by Crippen LogP contribution is -2.22. The number of aryl methyl sites for hydroxylation is 1. The molecule has 2 aromatic carbocycles. The second-order valence-corrected chi connectivity index (χ2v) is 8.74. The number of hydrogen-bond acceptors (Lipinski definition) is 3. The minimum Gasteiger partial charge on any atom is -0.316 e. The van der Waals surface area contributed by atoms with Gasteiger partial charge in [-0.15, -0.1) is 0 Å². The molecule has 3 aromatic heterocycles. The van der Waals surface area contributed by atoms with Crippen LogP contribution in [-0.2, 0) is 0 Å². The highest BCUT2D eigenvalue weighted by Gasteiger charge is 2.14. The van der Waals surface area contributed by atoms with Crippen LogP contribution in [0.4, 0.5) is 0 Å². The van der Waals surface area contributed by atoms with Crippen molar-refractivity contribution in [1.29, 1.82) is 0 Å². The van der Waals surface area contributed by atoms with Crippen LogP contribution < -0.4 is 10.1 Å². The fourth-order valence-corrected chi connectivity index (χ4v) is 5.06. The van der Waals surface area contributed by atoms with E-state index in [1.165, 1.54) is 11.3 Å². The maximum atomic E-state index is 13.0. The van der Waals surface area contributed by atoms with Crippen molar-refractivity contribution < 1.29 is 0 Å². The number of aromatic nitrogens is 3.